The molecule has 0 spiro atoms. The van der Waals surface area contributed by atoms with E-state index in [1.54, 1.807) is 29.6 Å². The highest BCUT2D eigenvalue weighted by atomic mass is 19.1. The smallest absolute Gasteiger partial charge is 0.337 e. The molecule has 0 saturated carbocycles. The van der Waals surface area contributed by atoms with E-state index in [4.69, 9.17) is 24.3 Å². The normalized spacial score (nSPS) is 21.2. The number of aromatic nitrogens is 3. The van der Waals surface area contributed by atoms with Crippen LogP contribution < -0.4 is 9.64 Å². The summed E-state index contributed by atoms with van der Waals surface area (Å²) in [5.74, 6) is -1.15. The third-order valence-corrected chi connectivity index (χ3v) is 9.11. The molecule has 6 bridgehead atoms. The molecule has 48 heavy (non-hydrogen) atoms. The van der Waals surface area contributed by atoms with Gasteiger partial charge in [-0.25, -0.2) is 18.6 Å². The van der Waals surface area contributed by atoms with Crippen LogP contribution in [0.3, 0.4) is 0 Å². The van der Waals surface area contributed by atoms with Gasteiger partial charge in [0.25, 0.3) is 0 Å². The van der Waals surface area contributed by atoms with Gasteiger partial charge < -0.3 is 24.2 Å². The number of aryl methyl sites for hydroxylation is 1. The number of aliphatic carboxylic acids is 1. The first kappa shape index (κ1) is 33.8. The van der Waals surface area contributed by atoms with Crippen LogP contribution in [0.25, 0.3) is 28.0 Å². The van der Waals surface area contributed by atoms with E-state index < -0.39 is 29.3 Å². The van der Waals surface area contributed by atoms with Gasteiger partial charge in [0, 0.05) is 48.6 Å². The molecule has 3 aliphatic rings. The lowest BCUT2D eigenvalue weighted by Crippen LogP contribution is -2.46. The van der Waals surface area contributed by atoms with E-state index in [0.29, 0.717) is 70.6 Å². The van der Waals surface area contributed by atoms with Gasteiger partial charge in [-0.2, -0.15) is 9.61 Å². The van der Waals surface area contributed by atoms with Gasteiger partial charge in [-0.1, -0.05) is 0 Å². The number of fused-ring (bicyclic) bond motifs is 8. The number of hydrogen-bond acceptors (Lipinski definition) is 7. The molecule has 2 aromatic heterocycles. The molecule has 2 atom stereocenters. The number of carboxylic acid groups (broad SMARTS) is 1. The van der Waals surface area contributed by atoms with Crippen molar-refractivity contribution in [3.63, 3.8) is 0 Å². The van der Waals surface area contributed by atoms with Crippen LogP contribution in [0.15, 0.2) is 42.5 Å². The number of hydrogen-bond donors (Lipinski definition) is 1. The Bertz CT molecular complexity index is 1830. The Balaban J connectivity index is 1.55. The van der Waals surface area contributed by atoms with Crippen molar-refractivity contribution >= 4 is 17.4 Å². The number of nitrogens with zero attached hydrogens (tertiary/aromatic N) is 4. The predicted molar refractivity (Wildman–Crippen MR) is 179 cm³/mol. The van der Waals surface area contributed by atoms with E-state index >= 15 is 4.39 Å². The van der Waals surface area contributed by atoms with Crippen LogP contribution in [-0.4, -0.2) is 62.7 Å². The van der Waals surface area contributed by atoms with Crippen molar-refractivity contribution in [2.75, 3.05) is 24.6 Å². The van der Waals surface area contributed by atoms with E-state index in [2.05, 4.69) is 11.8 Å². The monoisotopic (exact) mass is 662 g/mol. The molecule has 11 heteroatoms. The molecule has 0 radical (unpaired) electrons. The molecule has 256 valence electrons. The first-order valence-corrected chi connectivity index (χ1v) is 16.7. The van der Waals surface area contributed by atoms with Crippen LogP contribution >= 0.6 is 0 Å². The molecule has 0 aliphatic carbocycles. The molecule has 7 rings (SSSR count). The fraction of sp³-hybridized carbons (Fsp3) is 0.486. The Morgan fingerprint density at radius 3 is 2.50 bits per heavy atom. The fourth-order valence-electron chi connectivity index (χ4n) is 6.64. The first-order chi connectivity index (χ1) is 22.7. The van der Waals surface area contributed by atoms with Gasteiger partial charge in [-0.15, -0.1) is 0 Å². The summed E-state index contributed by atoms with van der Waals surface area (Å²) in [5, 5.41) is 15.4. The van der Waals surface area contributed by atoms with Crippen LogP contribution in [0.2, 0.25) is 0 Å². The highest BCUT2D eigenvalue weighted by Gasteiger charge is 2.38. The maximum atomic E-state index is 15.4. The molecule has 3 aliphatic heterocycles. The van der Waals surface area contributed by atoms with E-state index in [9.17, 15) is 14.3 Å². The summed E-state index contributed by atoms with van der Waals surface area (Å²) in [6.07, 6.45) is 2.38. The molecule has 2 aromatic carbocycles. The highest BCUT2D eigenvalue weighted by molar-refractivity contribution is 5.80. The average Bonchev–Trinajstić information content (AvgIpc) is 3.42. The van der Waals surface area contributed by atoms with Crippen LogP contribution in [0.4, 0.5) is 14.6 Å². The lowest BCUT2D eigenvalue weighted by molar-refractivity contribution is -0.160. The zero-order valence-corrected chi connectivity index (χ0v) is 28.5. The number of carboxylic acids is 1. The van der Waals surface area contributed by atoms with Crippen molar-refractivity contribution in [3.8, 4) is 28.1 Å². The lowest BCUT2D eigenvalue weighted by Gasteiger charge is -2.41. The van der Waals surface area contributed by atoms with Crippen LogP contribution in [0, 0.1) is 18.6 Å². The number of benzene rings is 2. The summed E-state index contributed by atoms with van der Waals surface area (Å²) in [6, 6.07) is 10.6. The second-order valence-electron chi connectivity index (χ2n) is 14.3. The van der Waals surface area contributed by atoms with Crippen molar-refractivity contribution < 1.29 is 32.9 Å². The Kier molecular flexibility index (Phi) is 9.21. The topological polar surface area (TPSA) is 98.4 Å². The second-order valence-corrected chi connectivity index (χ2v) is 14.3. The van der Waals surface area contributed by atoms with E-state index in [0.717, 1.165) is 32.1 Å². The van der Waals surface area contributed by atoms with Crippen molar-refractivity contribution in [2.24, 2.45) is 0 Å². The molecule has 0 unspecified atom stereocenters. The minimum absolute atomic E-state index is 0.194. The zero-order valence-electron chi connectivity index (χ0n) is 28.5. The number of rotatable bonds is 3. The summed E-state index contributed by atoms with van der Waals surface area (Å²) < 4.78 is 50.3. The van der Waals surface area contributed by atoms with E-state index in [-0.39, 0.29) is 11.7 Å². The molecule has 0 amide bonds. The predicted octanol–water partition coefficient (Wildman–Crippen LogP) is 7.92. The largest absolute Gasteiger partial charge is 0.490 e. The molecular weight excluding hydrogens is 618 g/mol. The average molecular weight is 663 g/mol. The number of carbonyl (C=O) groups is 1. The standard InChI is InChI=1S/C37H44F2N4O5/c1-22-9-7-8-16-46-37(6)12-14-42(15-13-37)34-32(33(35(44)45)48-36(3,4)5)23(2)40-31-21-29(41-43(31)34)25-17-24(18-27(39)19-25)28-11-10-26(38)20-30(28)47-22/h10-11,17-22,33H,7-9,12-16H2,1-6H3,(H,44,45)/t22-,33-/m0/s1. The molecule has 9 nitrogen and oxygen atoms in total. The summed E-state index contributed by atoms with van der Waals surface area (Å²) in [5.41, 5.74) is 2.31. The lowest BCUT2D eigenvalue weighted by atomic mass is 9.92. The van der Waals surface area contributed by atoms with Gasteiger partial charge in [0.1, 0.15) is 23.2 Å². The van der Waals surface area contributed by atoms with Crippen molar-refractivity contribution in [2.45, 2.75) is 97.1 Å². The minimum atomic E-state index is -1.31. The van der Waals surface area contributed by atoms with Gasteiger partial charge in [-0.3, -0.25) is 0 Å². The minimum Gasteiger partial charge on any atom is -0.490 e. The summed E-state index contributed by atoms with van der Waals surface area (Å²) in [7, 11) is 0. The Hall–Kier alpha value is -4.09. The maximum Gasteiger partial charge on any atom is 0.337 e. The summed E-state index contributed by atoms with van der Waals surface area (Å²) in [6.45, 7) is 13.1. The SMILES string of the molecule is Cc1nc2cc3nn2c(c1[C@H](OC(C)(C)C)C(=O)O)N1CCC(C)(CC1)OCCCC[C@H](C)Oc1cc(F)ccc1-c1cc(F)cc-3c1. The molecule has 1 saturated heterocycles. The third-order valence-electron chi connectivity index (χ3n) is 9.11. The molecule has 5 heterocycles. The Labute approximate surface area is 279 Å². The fourth-order valence-corrected chi connectivity index (χ4v) is 6.64. The number of ether oxygens (including phenoxy) is 3. The highest BCUT2D eigenvalue weighted by Crippen LogP contribution is 2.40. The molecule has 1 N–H and O–H groups in total. The number of piperidine rings is 1. The van der Waals surface area contributed by atoms with Gasteiger partial charge in [0.05, 0.1) is 28.6 Å². The molecule has 4 aromatic rings. The van der Waals surface area contributed by atoms with Crippen LogP contribution in [0.1, 0.15) is 84.1 Å². The molecule has 1 fully saturated rings. The van der Waals surface area contributed by atoms with Crippen molar-refractivity contribution in [1.29, 1.82) is 0 Å². The number of halogens is 2. The maximum absolute atomic E-state index is 15.4. The summed E-state index contributed by atoms with van der Waals surface area (Å²) in [4.78, 5) is 19.7. The van der Waals surface area contributed by atoms with Gasteiger partial charge in [-0.05, 0) is 110 Å². The number of anilines is 1. The molecular formula is C37H44F2N4O5. The third kappa shape index (κ3) is 7.17. The van der Waals surface area contributed by atoms with Crippen molar-refractivity contribution in [1.82, 2.24) is 14.6 Å². The van der Waals surface area contributed by atoms with E-state index in [1.165, 1.54) is 24.3 Å². The van der Waals surface area contributed by atoms with Gasteiger partial charge >= 0.3 is 5.97 Å². The van der Waals surface area contributed by atoms with Crippen LogP contribution in [-0.2, 0) is 14.3 Å². The Morgan fingerprint density at radius 1 is 1.06 bits per heavy atom. The van der Waals surface area contributed by atoms with E-state index in [1.807, 2.05) is 27.7 Å². The Morgan fingerprint density at radius 2 is 1.79 bits per heavy atom. The van der Waals surface area contributed by atoms with Crippen molar-refractivity contribution in [3.05, 3.63) is 65.4 Å². The zero-order chi connectivity index (χ0) is 34.4. The van der Waals surface area contributed by atoms with Gasteiger partial charge in [0.2, 0.25) is 0 Å². The first-order valence-electron chi connectivity index (χ1n) is 16.7. The summed E-state index contributed by atoms with van der Waals surface area (Å²) >= 11 is 0. The van der Waals surface area contributed by atoms with Crippen LogP contribution in [0.5, 0.6) is 5.75 Å². The van der Waals surface area contributed by atoms with Gasteiger partial charge in [0.15, 0.2) is 11.8 Å². The quantitative estimate of drug-likeness (QED) is 0.236. The second kappa shape index (κ2) is 13.1.